The lowest BCUT2D eigenvalue weighted by Crippen LogP contribution is -2.48. The second-order valence-corrected chi connectivity index (χ2v) is 5.23. The van der Waals surface area contributed by atoms with E-state index in [-0.39, 0.29) is 11.9 Å². The lowest BCUT2D eigenvalue weighted by molar-refractivity contribution is -0.133. The summed E-state index contributed by atoms with van der Waals surface area (Å²) >= 11 is 0. The summed E-state index contributed by atoms with van der Waals surface area (Å²) < 4.78 is 0. The molecule has 0 aromatic heterocycles. The second kappa shape index (κ2) is 5.15. The van der Waals surface area contributed by atoms with Crippen LogP contribution in [0.25, 0.3) is 0 Å². The molecule has 0 aromatic rings. The molecule has 1 atom stereocenters. The fraction of sp³-hybridized carbons (Fsp3) is 0.917. The van der Waals surface area contributed by atoms with Crippen LogP contribution in [-0.4, -0.2) is 36.0 Å². The van der Waals surface area contributed by atoms with E-state index in [0.717, 1.165) is 51.6 Å². The highest BCUT2D eigenvalue weighted by molar-refractivity contribution is 5.82. The van der Waals surface area contributed by atoms with Crippen molar-refractivity contribution >= 4 is 5.91 Å². The molecular formula is C12H23N3O. The minimum Gasteiger partial charge on any atom is -0.341 e. The monoisotopic (exact) mass is 225 g/mol. The number of likely N-dealkylation sites (tertiary alicyclic amines) is 1. The summed E-state index contributed by atoms with van der Waals surface area (Å²) in [5.74, 6) is 0.519. The van der Waals surface area contributed by atoms with E-state index in [2.05, 4.69) is 0 Å². The van der Waals surface area contributed by atoms with E-state index in [1.807, 2.05) is 4.90 Å². The third-order valence-electron chi connectivity index (χ3n) is 4.03. The molecule has 0 aromatic carbocycles. The standard InChI is InChI=1S/C12H23N3O/c13-10-5-3-9(4-6-10)11(14)12(16)15-7-1-2-8-15/h9-11H,1-8,13-14H2. The van der Waals surface area contributed by atoms with E-state index in [4.69, 9.17) is 11.5 Å². The molecule has 2 rings (SSSR count). The molecule has 1 unspecified atom stereocenters. The van der Waals surface area contributed by atoms with Crippen LogP contribution in [0.15, 0.2) is 0 Å². The van der Waals surface area contributed by atoms with Crippen LogP contribution >= 0.6 is 0 Å². The maximum Gasteiger partial charge on any atom is 0.239 e. The van der Waals surface area contributed by atoms with E-state index < -0.39 is 0 Å². The van der Waals surface area contributed by atoms with Gasteiger partial charge in [-0.25, -0.2) is 0 Å². The maximum atomic E-state index is 12.1. The molecule has 16 heavy (non-hydrogen) atoms. The van der Waals surface area contributed by atoms with Crippen LogP contribution in [0.3, 0.4) is 0 Å². The maximum absolute atomic E-state index is 12.1. The Morgan fingerprint density at radius 3 is 2.25 bits per heavy atom. The highest BCUT2D eigenvalue weighted by atomic mass is 16.2. The molecule has 1 aliphatic carbocycles. The first kappa shape index (κ1) is 11.9. The van der Waals surface area contributed by atoms with Crippen LogP contribution < -0.4 is 11.5 Å². The Kier molecular flexibility index (Phi) is 3.82. The predicted octanol–water partition coefficient (Wildman–Crippen LogP) is 0.454. The number of hydrogen-bond donors (Lipinski definition) is 2. The summed E-state index contributed by atoms with van der Waals surface area (Å²) in [6.45, 7) is 1.80. The van der Waals surface area contributed by atoms with Crippen LogP contribution in [0.1, 0.15) is 38.5 Å². The van der Waals surface area contributed by atoms with Gasteiger partial charge in [-0.1, -0.05) is 0 Å². The molecule has 4 nitrogen and oxygen atoms in total. The van der Waals surface area contributed by atoms with Crippen molar-refractivity contribution in [1.82, 2.24) is 4.90 Å². The lowest BCUT2D eigenvalue weighted by atomic mass is 9.81. The largest absolute Gasteiger partial charge is 0.341 e. The molecule has 0 spiro atoms. The molecule has 4 heteroatoms. The molecule has 4 N–H and O–H groups in total. The Morgan fingerprint density at radius 2 is 1.69 bits per heavy atom. The van der Waals surface area contributed by atoms with E-state index in [1.165, 1.54) is 0 Å². The minimum absolute atomic E-state index is 0.165. The van der Waals surface area contributed by atoms with Gasteiger partial charge in [0.25, 0.3) is 0 Å². The first-order valence-corrected chi connectivity index (χ1v) is 6.48. The van der Waals surface area contributed by atoms with Crippen LogP contribution in [0.4, 0.5) is 0 Å². The SMILES string of the molecule is NC1CCC(C(N)C(=O)N2CCCC2)CC1. The van der Waals surface area contributed by atoms with Crippen LogP contribution in [0.5, 0.6) is 0 Å². The highest BCUT2D eigenvalue weighted by Crippen LogP contribution is 2.26. The summed E-state index contributed by atoms with van der Waals surface area (Å²) in [5.41, 5.74) is 11.9. The van der Waals surface area contributed by atoms with Gasteiger partial charge in [0.05, 0.1) is 6.04 Å². The molecular weight excluding hydrogens is 202 g/mol. The minimum atomic E-state index is -0.286. The fourth-order valence-electron chi connectivity index (χ4n) is 2.85. The summed E-state index contributed by atoms with van der Waals surface area (Å²) in [6, 6.07) is 0.0379. The van der Waals surface area contributed by atoms with Crippen LogP contribution in [-0.2, 0) is 4.79 Å². The molecule has 92 valence electrons. The second-order valence-electron chi connectivity index (χ2n) is 5.23. The topological polar surface area (TPSA) is 72.3 Å². The number of carbonyl (C=O) groups is 1. The smallest absolute Gasteiger partial charge is 0.239 e. The van der Waals surface area contributed by atoms with Gasteiger partial charge in [-0.2, -0.15) is 0 Å². The van der Waals surface area contributed by atoms with Crippen molar-refractivity contribution in [3.63, 3.8) is 0 Å². The van der Waals surface area contributed by atoms with Crippen molar-refractivity contribution in [3.8, 4) is 0 Å². The molecule has 1 aliphatic heterocycles. The summed E-state index contributed by atoms with van der Waals surface area (Å²) in [5, 5.41) is 0. The van der Waals surface area contributed by atoms with Crippen LogP contribution in [0, 0.1) is 5.92 Å². The van der Waals surface area contributed by atoms with Crippen molar-refractivity contribution in [2.45, 2.75) is 50.6 Å². The van der Waals surface area contributed by atoms with E-state index in [0.29, 0.717) is 12.0 Å². The third-order valence-corrected chi connectivity index (χ3v) is 4.03. The van der Waals surface area contributed by atoms with Crippen molar-refractivity contribution < 1.29 is 4.79 Å². The van der Waals surface area contributed by atoms with Gasteiger partial charge in [-0.3, -0.25) is 4.79 Å². The zero-order valence-electron chi connectivity index (χ0n) is 9.90. The summed E-state index contributed by atoms with van der Waals surface area (Å²) in [7, 11) is 0. The molecule has 0 bridgehead atoms. The zero-order chi connectivity index (χ0) is 11.5. The Balaban J connectivity index is 1.86. The summed E-state index contributed by atoms with van der Waals surface area (Å²) in [4.78, 5) is 14.0. The van der Waals surface area contributed by atoms with Crippen LogP contribution in [0.2, 0.25) is 0 Å². The number of hydrogen-bond acceptors (Lipinski definition) is 3. The van der Waals surface area contributed by atoms with Crippen molar-refractivity contribution in [2.75, 3.05) is 13.1 Å². The molecule has 1 heterocycles. The van der Waals surface area contributed by atoms with Gasteiger partial charge in [-0.15, -0.1) is 0 Å². The van der Waals surface area contributed by atoms with E-state index in [1.54, 1.807) is 0 Å². The molecule has 0 radical (unpaired) electrons. The average molecular weight is 225 g/mol. The lowest BCUT2D eigenvalue weighted by Gasteiger charge is -2.31. The normalized spacial score (nSPS) is 32.8. The first-order valence-electron chi connectivity index (χ1n) is 6.48. The Hall–Kier alpha value is -0.610. The Morgan fingerprint density at radius 1 is 1.12 bits per heavy atom. The number of amides is 1. The molecule has 2 fully saturated rings. The highest BCUT2D eigenvalue weighted by Gasteiger charge is 2.31. The average Bonchev–Trinajstić information content (AvgIpc) is 2.81. The Bertz CT molecular complexity index is 243. The van der Waals surface area contributed by atoms with E-state index in [9.17, 15) is 4.79 Å². The van der Waals surface area contributed by atoms with Gasteiger partial charge in [-0.05, 0) is 44.4 Å². The van der Waals surface area contributed by atoms with E-state index >= 15 is 0 Å². The van der Waals surface area contributed by atoms with Gasteiger partial charge < -0.3 is 16.4 Å². The van der Waals surface area contributed by atoms with Crippen molar-refractivity contribution in [2.24, 2.45) is 17.4 Å². The fourth-order valence-corrected chi connectivity index (χ4v) is 2.85. The number of carbonyl (C=O) groups excluding carboxylic acids is 1. The van der Waals surface area contributed by atoms with Gasteiger partial charge in [0.15, 0.2) is 0 Å². The molecule has 2 aliphatic rings. The number of nitrogens with zero attached hydrogens (tertiary/aromatic N) is 1. The van der Waals surface area contributed by atoms with Crippen molar-refractivity contribution in [3.05, 3.63) is 0 Å². The van der Waals surface area contributed by atoms with Gasteiger partial charge in [0.1, 0.15) is 0 Å². The molecule has 1 saturated heterocycles. The predicted molar refractivity (Wildman–Crippen MR) is 63.7 cm³/mol. The third kappa shape index (κ3) is 2.55. The molecule has 1 saturated carbocycles. The first-order chi connectivity index (χ1) is 7.68. The Labute approximate surface area is 97.3 Å². The van der Waals surface area contributed by atoms with Gasteiger partial charge in [0, 0.05) is 19.1 Å². The quantitative estimate of drug-likeness (QED) is 0.717. The number of rotatable bonds is 2. The summed E-state index contributed by atoms with van der Waals surface area (Å²) in [6.07, 6.45) is 6.34. The van der Waals surface area contributed by atoms with Gasteiger partial charge >= 0.3 is 0 Å². The van der Waals surface area contributed by atoms with Gasteiger partial charge in [0.2, 0.25) is 5.91 Å². The zero-order valence-corrected chi connectivity index (χ0v) is 9.90. The van der Waals surface area contributed by atoms with Crippen molar-refractivity contribution in [1.29, 1.82) is 0 Å². The molecule has 1 amide bonds. The number of nitrogens with two attached hydrogens (primary N) is 2.